The lowest BCUT2D eigenvalue weighted by atomic mass is 10.2. The second-order valence-corrected chi connectivity index (χ2v) is 2.84. The maximum absolute atomic E-state index is 10.9. The molecule has 0 aliphatic carbocycles. The van der Waals surface area contributed by atoms with Crippen molar-refractivity contribution in [3.8, 4) is 0 Å². The van der Waals surface area contributed by atoms with Crippen LogP contribution in [0.1, 0.15) is 13.8 Å². The molecule has 2 atom stereocenters. The van der Waals surface area contributed by atoms with Gasteiger partial charge in [0.1, 0.15) is 0 Å². The molecule has 0 heterocycles. The molecule has 0 saturated heterocycles. The number of hydrogen-bond acceptors (Lipinski definition) is 8. The lowest BCUT2D eigenvalue weighted by Crippen LogP contribution is -2.41. The lowest BCUT2D eigenvalue weighted by molar-refractivity contribution is -0.172. The quantitative estimate of drug-likeness (QED) is 0.399. The van der Waals surface area contributed by atoms with E-state index in [2.05, 4.69) is 9.47 Å². The van der Waals surface area contributed by atoms with Crippen LogP contribution in [0.25, 0.3) is 0 Å². The monoisotopic (exact) mass is 268 g/mol. The van der Waals surface area contributed by atoms with Gasteiger partial charge in [0.05, 0.1) is 26.4 Å². The zero-order chi connectivity index (χ0) is 14.6. The van der Waals surface area contributed by atoms with E-state index >= 15 is 0 Å². The van der Waals surface area contributed by atoms with Crippen molar-refractivity contribution in [2.75, 3.05) is 26.4 Å². The molecule has 0 aliphatic heterocycles. The van der Waals surface area contributed by atoms with Crippen LogP contribution in [-0.4, -0.2) is 71.0 Å². The molecular weight excluding hydrogens is 248 g/mol. The van der Waals surface area contributed by atoms with Crippen molar-refractivity contribution in [2.24, 2.45) is 0 Å². The highest BCUT2D eigenvalue weighted by molar-refractivity contribution is 5.85. The largest absolute Gasteiger partial charge is 0.464 e. The molecule has 108 valence electrons. The molecule has 0 spiro atoms. The molecule has 0 rings (SSSR count). The minimum atomic E-state index is -1.89. The van der Waals surface area contributed by atoms with E-state index in [1.807, 2.05) is 0 Å². The number of hydrogen-bond donors (Lipinski definition) is 4. The van der Waals surface area contributed by atoms with Crippen LogP contribution in [0.3, 0.4) is 0 Å². The Morgan fingerprint density at radius 2 is 1.17 bits per heavy atom. The van der Waals surface area contributed by atoms with Gasteiger partial charge in [0.2, 0.25) is 0 Å². The molecular formula is C10H20O8. The molecule has 0 radical (unpaired) electrons. The molecule has 18 heavy (non-hydrogen) atoms. The van der Waals surface area contributed by atoms with Crippen LogP contribution in [-0.2, 0) is 19.1 Å². The van der Waals surface area contributed by atoms with Gasteiger partial charge < -0.3 is 29.9 Å². The molecule has 4 N–H and O–H groups in total. The fourth-order valence-electron chi connectivity index (χ4n) is 0.713. The number of carbonyl (C=O) groups excluding carboxylic acids is 2. The van der Waals surface area contributed by atoms with Crippen LogP contribution in [0, 0.1) is 0 Å². The Bertz CT molecular complexity index is 206. The van der Waals surface area contributed by atoms with Crippen LogP contribution in [0.5, 0.6) is 0 Å². The van der Waals surface area contributed by atoms with Crippen LogP contribution >= 0.6 is 0 Å². The van der Waals surface area contributed by atoms with Gasteiger partial charge in [-0.3, -0.25) is 0 Å². The van der Waals surface area contributed by atoms with Crippen molar-refractivity contribution >= 4 is 11.9 Å². The van der Waals surface area contributed by atoms with E-state index < -0.39 is 24.1 Å². The summed E-state index contributed by atoms with van der Waals surface area (Å²) in [6.07, 6.45) is -3.79. The standard InChI is InChI=1S/C8H14O6.C2H6O2/c1-3-13-7(11)5(9)6(10)8(12)14-4-2;3-1-2-4/h5-6,9-10H,3-4H2,1-2H3;3-4H,1-2H2. The summed E-state index contributed by atoms with van der Waals surface area (Å²) in [5.74, 6) is -2.10. The Balaban J connectivity index is 0. The highest BCUT2D eigenvalue weighted by atomic mass is 16.6. The minimum Gasteiger partial charge on any atom is -0.464 e. The van der Waals surface area contributed by atoms with E-state index in [9.17, 15) is 9.59 Å². The molecule has 2 unspecified atom stereocenters. The Morgan fingerprint density at radius 3 is 1.33 bits per heavy atom. The number of aliphatic hydroxyl groups excluding tert-OH is 4. The number of carbonyl (C=O) groups is 2. The highest BCUT2D eigenvalue weighted by Crippen LogP contribution is 1.99. The smallest absolute Gasteiger partial charge is 0.338 e. The number of rotatable bonds is 6. The third-order valence-electron chi connectivity index (χ3n) is 1.46. The third kappa shape index (κ3) is 8.88. The van der Waals surface area contributed by atoms with E-state index in [1.165, 1.54) is 0 Å². The predicted molar refractivity (Wildman–Crippen MR) is 59.5 cm³/mol. The number of ether oxygens (including phenoxy) is 2. The van der Waals surface area contributed by atoms with Gasteiger partial charge in [0, 0.05) is 0 Å². The maximum Gasteiger partial charge on any atom is 0.338 e. The SMILES string of the molecule is CCOC(=O)C(O)C(O)C(=O)OCC.OCCO. The highest BCUT2D eigenvalue weighted by Gasteiger charge is 2.32. The molecule has 0 bridgehead atoms. The summed E-state index contributed by atoms with van der Waals surface area (Å²) in [6.45, 7) is 2.96. The first-order chi connectivity index (χ1) is 8.45. The Morgan fingerprint density at radius 1 is 0.889 bits per heavy atom. The van der Waals surface area contributed by atoms with Gasteiger partial charge in [-0.2, -0.15) is 0 Å². The van der Waals surface area contributed by atoms with Crippen molar-refractivity contribution < 1.29 is 39.5 Å². The molecule has 0 aliphatic rings. The van der Waals surface area contributed by atoms with Crippen LogP contribution < -0.4 is 0 Å². The molecule has 0 fully saturated rings. The van der Waals surface area contributed by atoms with E-state index in [4.69, 9.17) is 20.4 Å². The maximum atomic E-state index is 10.9. The van der Waals surface area contributed by atoms with E-state index in [1.54, 1.807) is 13.8 Å². The Hall–Kier alpha value is -1.22. The minimum absolute atomic E-state index is 0.0610. The lowest BCUT2D eigenvalue weighted by Gasteiger charge is -2.14. The van der Waals surface area contributed by atoms with Crippen molar-refractivity contribution in [3.05, 3.63) is 0 Å². The van der Waals surface area contributed by atoms with Gasteiger partial charge in [-0.05, 0) is 13.8 Å². The number of esters is 2. The molecule has 0 aromatic carbocycles. The summed E-state index contributed by atoms with van der Waals surface area (Å²) in [5.41, 5.74) is 0. The predicted octanol–water partition coefficient (Wildman–Crippen LogP) is -2.19. The van der Waals surface area contributed by atoms with Crippen molar-refractivity contribution in [1.29, 1.82) is 0 Å². The molecule has 0 amide bonds. The summed E-state index contributed by atoms with van der Waals surface area (Å²) in [5, 5.41) is 33.4. The molecule has 8 heteroatoms. The van der Waals surface area contributed by atoms with Gasteiger partial charge in [0.25, 0.3) is 0 Å². The molecule has 0 saturated carbocycles. The second kappa shape index (κ2) is 12.2. The summed E-state index contributed by atoms with van der Waals surface area (Å²) in [7, 11) is 0. The zero-order valence-electron chi connectivity index (χ0n) is 10.4. The second-order valence-electron chi connectivity index (χ2n) is 2.84. The fraction of sp³-hybridized carbons (Fsp3) is 0.800. The average molecular weight is 268 g/mol. The normalized spacial score (nSPS) is 12.8. The first-order valence-corrected chi connectivity index (χ1v) is 5.37. The number of aliphatic hydroxyl groups is 4. The van der Waals surface area contributed by atoms with E-state index in [0.29, 0.717) is 0 Å². The Labute approximate surface area is 105 Å². The van der Waals surface area contributed by atoms with E-state index in [-0.39, 0.29) is 26.4 Å². The zero-order valence-corrected chi connectivity index (χ0v) is 10.4. The Kier molecular flexibility index (Phi) is 13.0. The van der Waals surface area contributed by atoms with Crippen molar-refractivity contribution in [3.63, 3.8) is 0 Å². The molecule has 8 nitrogen and oxygen atoms in total. The summed E-state index contributed by atoms with van der Waals surface area (Å²) >= 11 is 0. The third-order valence-corrected chi connectivity index (χ3v) is 1.46. The molecule has 0 aromatic heterocycles. The van der Waals surface area contributed by atoms with Gasteiger partial charge in [-0.1, -0.05) is 0 Å². The topological polar surface area (TPSA) is 134 Å². The van der Waals surface area contributed by atoms with Gasteiger partial charge >= 0.3 is 11.9 Å². The van der Waals surface area contributed by atoms with Crippen LogP contribution in [0.2, 0.25) is 0 Å². The van der Waals surface area contributed by atoms with Crippen molar-refractivity contribution in [1.82, 2.24) is 0 Å². The first-order valence-electron chi connectivity index (χ1n) is 5.37. The van der Waals surface area contributed by atoms with Gasteiger partial charge in [0.15, 0.2) is 12.2 Å². The fourth-order valence-corrected chi connectivity index (χ4v) is 0.713. The van der Waals surface area contributed by atoms with Gasteiger partial charge in [-0.25, -0.2) is 9.59 Å². The van der Waals surface area contributed by atoms with Crippen molar-refractivity contribution in [2.45, 2.75) is 26.1 Å². The summed E-state index contributed by atoms with van der Waals surface area (Å²) < 4.78 is 8.79. The summed E-state index contributed by atoms with van der Waals surface area (Å²) in [4.78, 5) is 21.7. The summed E-state index contributed by atoms with van der Waals surface area (Å²) in [6, 6.07) is 0. The van der Waals surface area contributed by atoms with Crippen LogP contribution in [0.4, 0.5) is 0 Å². The van der Waals surface area contributed by atoms with Gasteiger partial charge in [-0.15, -0.1) is 0 Å². The average Bonchev–Trinajstić information content (AvgIpc) is 2.37. The molecule has 0 aromatic rings. The first kappa shape index (κ1) is 19.1. The van der Waals surface area contributed by atoms with E-state index in [0.717, 1.165) is 0 Å². The van der Waals surface area contributed by atoms with Crippen LogP contribution in [0.15, 0.2) is 0 Å².